The molecular formula is C25H32N4O3. The highest BCUT2D eigenvalue weighted by atomic mass is 16.3. The van der Waals surface area contributed by atoms with Gasteiger partial charge >= 0.3 is 0 Å². The fraction of sp³-hybridized carbons (Fsp3) is 0.440. The Balaban J connectivity index is 1.37. The van der Waals surface area contributed by atoms with Crippen molar-refractivity contribution in [2.45, 2.75) is 50.7 Å². The molecular weight excluding hydrogens is 404 g/mol. The lowest BCUT2D eigenvalue weighted by molar-refractivity contribution is -0.114. The number of nitrogens with one attached hydrogen (secondary N) is 3. The molecule has 7 heteroatoms. The van der Waals surface area contributed by atoms with Crippen LogP contribution in [-0.2, 0) is 4.79 Å². The van der Waals surface area contributed by atoms with Gasteiger partial charge in [0.25, 0.3) is 5.91 Å². The van der Waals surface area contributed by atoms with E-state index >= 15 is 0 Å². The maximum atomic E-state index is 12.7. The van der Waals surface area contributed by atoms with Crippen molar-refractivity contribution < 1.29 is 14.7 Å². The van der Waals surface area contributed by atoms with Gasteiger partial charge in [0.05, 0.1) is 35.3 Å². The summed E-state index contributed by atoms with van der Waals surface area (Å²) in [5, 5.41) is 19.0. The number of benzene rings is 2. The summed E-state index contributed by atoms with van der Waals surface area (Å²) >= 11 is 0. The molecule has 0 radical (unpaired) electrons. The van der Waals surface area contributed by atoms with Gasteiger partial charge in [0, 0.05) is 19.1 Å². The lowest BCUT2D eigenvalue weighted by Gasteiger charge is -2.32. The van der Waals surface area contributed by atoms with Crippen molar-refractivity contribution >= 4 is 28.9 Å². The quantitative estimate of drug-likeness (QED) is 0.534. The normalized spacial score (nSPS) is 17.2. The van der Waals surface area contributed by atoms with Crippen molar-refractivity contribution in [1.82, 2.24) is 5.32 Å². The number of carbonyl (C=O) groups is 2. The average Bonchev–Trinajstić information content (AvgIpc) is 3.32. The second-order valence-corrected chi connectivity index (χ2v) is 8.64. The molecule has 32 heavy (non-hydrogen) atoms. The van der Waals surface area contributed by atoms with E-state index in [0.717, 1.165) is 63.0 Å². The van der Waals surface area contributed by atoms with Crippen LogP contribution in [-0.4, -0.2) is 48.7 Å². The third-order valence-electron chi connectivity index (χ3n) is 6.28. The summed E-state index contributed by atoms with van der Waals surface area (Å²) in [6.45, 7) is 1.66. The Bertz CT molecular complexity index is 934. The molecule has 0 aromatic heterocycles. The van der Waals surface area contributed by atoms with Crippen molar-refractivity contribution in [3.63, 3.8) is 0 Å². The Labute approximate surface area is 189 Å². The van der Waals surface area contributed by atoms with Gasteiger partial charge in [-0.05, 0) is 49.9 Å². The van der Waals surface area contributed by atoms with Crippen LogP contribution in [0.3, 0.4) is 0 Å². The van der Waals surface area contributed by atoms with Gasteiger partial charge in [-0.25, -0.2) is 0 Å². The Kier molecular flexibility index (Phi) is 7.27. The maximum Gasteiger partial charge on any atom is 0.253 e. The summed E-state index contributed by atoms with van der Waals surface area (Å²) in [5.74, 6) is -0.353. The highest BCUT2D eigenvalue weighted by molar-refractivity contribution is 6.04. The van der Waals surface area contributed by atoms with Crippen LogP contribution < -0.4 is 20.9 Å². The average molecular weight is 437 g/mol. The Morgan fingerprint density at radius 2 is 1.56 bits per heavy atom. The highest BCUT2D eigenvalue weighted by Gasteiger charge is 2.21. The minimum absolute atomic E-state index is 0.0893. The van der Waals surface area contributed by atoms with Crippen LogP contribution in [0, 0.1) is 0 Å². The molecule has 0 spiro atoms. The topological polar surface area (TPSA) is 93.7 Å². The number of aliphatic hydroxyl groups is 1. The molecule has 1 aliphatic heterocycles. The van der Waals surface area contributed by atoms with Gasteiger partial charge in [0.15, 0.2) is 0 Å². The molecule has 0 unspecified atom stereocenters. The molecule has 4 rings (SSSR count). The van der Waals surface area contributed by atoms with Crippen molar-refractivity contribution in [2.75, 3.05) is 35.2 Å². The predicted octanol–water partition coefficient (Wildman–Crippen LogP) is 3.37. The molecule has 0 bridgehead atoms. The molecule has 1 heterocycles. The largest absolute Gasteiger partial charge is 0.393 e. The molecule has 2 fully saturated rings. The van der Waals surface area contributed by atoms with Crippen molar-refractivity contribution in [2.24, 2.45) is 0 Å². The first-order valence-corrected chi connectivity index (χ1v) is 11.6. The molecule has 2 aliphatic rings. The van der Waals surface area contributed by atoms with E-state index in [1.165, 1.54) is 0 Å². The fourth-order valence-electron chi connectivity index (χ4n) is 4.50. The maximum absolute atomic E-state index is 12.7. The lowest BCUT2D eigenvalue weighted by Crippen LogP contribution is -2.36. The summed E-state index contributed by atoms with van der Waals surface area (Å²) < 4.78 is 0. The Morgan fingerprint density at radius 1 is 0.906 bits per heavy atom. The van der Waals surface area contributed by atoms with E-state index in [4.69, 9.17) is 0 Å². The SMILES string of the molecule is O=C(CNc1ccccc1N1CCC(O)CC1)Nc1ccccc1C(=O)NC1CCCC1. The molecule has 170 valence electrons. The minimum Gasteiger partial charge on any atom is -0.393 e. The van der Waals surface area contributed by atoms with Crippen LogP contribution in [0.4, 0.5) is 17.1 Å². The molecule has 2 amide bonds. The van der Waals surface area contributed by atoms with Gasteiger partial charge < -0.3 is 26.0 Å². The number of para-hydroxylation sites is 3. The zero-order valence-corrected chi connectivity index (χ0v) is 18.3. The summed E-state index contributed by atoms with van der Waals surface area (Å²) in [6, 6.07) is 15.2. The van der Waals surface area contributed by atoms with E-state index in [0.29, 0.717) is 11.3 Å². The van der Waals surface area contributed by atoms with Crippen LogP contribution in [0.5, 0.6) is 0 Å². The first kappa shape index (κ1) is 22.1. The molecule has 1 saturated carbocycles. The van der Waals surface area contributed by atoms with E-state index in [1.54, 1.807) is 12.1 Å². The lowest BCUT2D eigenvalue weighted by atomic mass is 10.1. The summed E-state index contributed by atoms with van der Waals surface area (Å²) in [4.78, 5) is 27.6. The van der Waals surface area contributed by atoms with Gasteiger partial charge in [-0.2, -0.15) is 0 Å². The van der Waals surface area contributed by atoms with Crippen molar-refractivity contribution in [3.8, 4) is 0 Å². The second-order valence-electron chi connectivity index (χ2n) is 8.64. The van der Waals surface area contributed by atoms with E-state index in [2.05, 4.69) is 20.9 Å². The number of piperidine rings is 1. The molecule has 2 aromatic carbocycles. The number of amides is 2. The van der Waals surface area contributed by atoms with Gasteiger partial charge in [0.1, 0.15) is 0 Å². The number of hydrogen-bond acceptors (Lipinski definition) is 5. The highest BCUT2D eigenvalue weighted by Crippen LogP contribution is 2.28. The van der Waals surface area contributed by atoms with Gasteiger partial charge in [-0.1, -0.05) is 37.1 Å². The molecule has 0 atom stereocenters. The fourth-order valence-corrected chi connectivity index (χ4v) is 4.50. The number of anilines is 3. The number of nitrogens with zero attached hydrogens (tertiary/aromatic N) is 1. The van der Waals surface area contributed by atoms with Crippen LogP contribution in [0.2, 0.25) is 0 Å². The van der Waals surface area contributed by atoms with E-state index in [-0.39, 0.29) is 30.5 Å². The molecule has 2 aromatic rings. The van der Waals surface area contributed by atoms with Crippen LogP contribution >= 0.6 is 0 Å². The van der Waals surface area contributed by atoms with Crippen LogP contribution in [0.1, 0.15) is 48.9 Å². The predicted molar refractivity (Wildman–Crippen MR) is 127 cm³/mol. The van der Waals surface area contributed by atoms with Crippen molar-refractivity contribution in [3.05, 3.63) is 54.1 Å². The number of hydrogen-bond donors (Lipinski definition) is 4. The molecule has 7 nitrogen and oxygen atoms in total. The summed E-state index contributed by atoms with van der Waals surface area (Å²) in [5.41, 5.74) is 2.92. The number of rotatable bonds is 7. The molecule has 1 aliphatic carbocycles. The third kappa shape index (κ3) is 5.59. The number of aliphatic hydroxyl groups excluding tert-OH is 1. The van der Waals surface area contributed by atoms with Gasteiger partial charge in [-0.15, -0.1) is 0 Å². The van der Waals surface area contributed by atoms with Crippen LogP contribution in [0.15, 0.2) is 48.5 Å². The third-order valence-corrected chi connectivity index (χ3v) is 6.28. The number of carbonyl (C=O) groups excluding carboxylic acids is 2. The van der Waals surface area contributed by atoms with Crippen molar-refractivity contribution in [1.29, 1.82) is 0 Å². The zero-order valence-electron chi connectivity index (χ0n) is 18.3. The Morgan fingerprint density at radius 3 is 2.31 bits per heavy atom. The zero-order chi connectivity index (χ0) is 22.3. The van der Waals surface area contributed by atoms with E-state index < -0.39 is 0 Å². The smallest absolute Gasteiger partial charge is 0.253 e. The van der Waals surface area contributed by atoms with Gasteiger partial charge in [-0.3, -0.25) is 9.59 Å². The second kappa shape index (κ2) is 10.5. The first-order valence-electron chi connectivity index (χ1n) is 11.6. The summed E-state index contributed by atoms with van der Waals surface area (Å²) in [6.07, 6.45) is 5.58. The van der Waals surface area contributed by atoms with Gasteiger partial charge in [0.2, 0.25) is 5.91 Å². The minimum atomic E-state index is -0.233. The molecule has 4 N–H and O–H groups in total. The standard InChI is InChI=1S/C25H32N4O3/c30-19-13-15-29(16-14-19)23-12-6-5-11-22(23)26-17-24(31)28-21-10-4-3-9-20(21)25(32)27-18-7-1-2-8-18/h3-6,9-12,18-19,26,30H,1-2,7-8,13-17H2,(H,27,32)(H,28,31). The monoisotopic (exact) mass is 436 g/mol. The summed E-state index contributed by atoms with van der Waals surface area (Å²) in [7, 11) is 0. The van der Waals surface area contributed by atoms with E-state index in [9.17, 15) is 14.7 Å². The first-order chi connectivity index (χ1) is 15.6. The van der Waals surface area contributed by atoms with E-state index in [1.807, 2.05) is 36.4 Å². The van der Waals surface area contributed by atoms with Crippen LogP contribution in [0.25, 0.3) is 0 Å². The Hall–Kier alpha value is -3.06. The molecule has 1 saturated heterocycles.